The van der Waals surface area contributed by atoms with Gasteiger partial charge in [0, 0.05) is 36.6 Å². The molecule has 2 atom stereocenters. The van der Waals surface area contributed by atoms with Crippen molar-refractivity contribution in [2.75, 3.05) is 13.2 Å². The number of carbonyl (C=O) groups excluding carboxylic acids is 1. The second-order valence-corrected chi connectivity index (χ2v) is 9.00. The molecule has 0 bridgehead atoms. The van der Waals surface area contributed by atoms with Crippen molar-refractivity contribution in [2.24, 2.45) is 4.99 Å². The quantitative estimate of drug-likeness (QED) is 0.182. The van der Waals surface area contributed by atoms with Gasteiger partial charge < -0.3 is 14.6 Å². The van der Waals surface area contributed by atoms with E-state index in [-0.39, 0.29) is 18.9 Å². The van der Waals surface area contributed by atoms with E-state index in [1.165, 1.54) is 0 Å². The highest BCUT2D eigenvalue weighted by Crippen LogP contribution is 2.42. The Morgan fingerprint density at radius 2 is 1.84 bits per heavy atom. The molecule has 192 valence electrons. The number of ether oxygens (including phenoxy) is 2. The van der Waals surface area contributed by atoms with Gasteiger partial charge in [-0.1, -0.05) is 66.2 Å². The Morgan fingerprint density at radius 3 is 2.54 bits per heavy atom. The number of rotatable bonds is 12. The lowest BCUT2D eigenvalue weighted by atomic mass is 9.84. The summed E-state index contributed by atoms with van der Waals surface area (Å²) >= 11 is 6.25. The van der Waals surface area contributed by atoms with Crippen LogP contribution < -0.4 is 15.6 Å². The maximum atomic E-state index is 13.7. The molecule has 1 aliphatic heterocycles. The summed E-state index contributed by atoms with van der Waals surface area (Å²) in [4.78, 5) is 18.6. The molecule has 0 aliphatic carbocycles. The first-order valence-electron chi connectivity index (χ1n) is 12.1. The molecule has 1 amide bonds. The highest BCUT2D eigenvalue weighted by Gasteiger charge is 2.52. The molecule has 7 nitrogen and oxygen atoms in total. The van der Waals surface area contributed by atoms with Crippen LogP contribution in [-0.4, -0.2) is 35.7 Å². The third-order valence-corrected chi connectivity index (χ3v) is 6.40. The SMILES string of the molecule is C=CC[C@]1(C(=O)NNCc2ccccc2Cl)N=C(c2ccc(OCCCO)cc2)O[C@H]1c1ccccc1. The lowest BCUT2D eigenvalue weighted by molar-refractivity contribution is -0.129. The zero-order valence-electron chi connectivity index (χ0n) is 20.4. The maximum absolute atomic E-state index is 13.7. The normalized spacial score (nSPS) is 18.5. The Bertz CT molecular complexity index is 1230. The van der Waals surface area contributed by atoms with Crippen LogP contribution in [0.15, 0.2) is 96.5 Å². The summed E-state index contributed by atoms with van der Waals surface area (Å²) in [5.41, 5.74) is 6.92. The Hall–Kier alpha value is -3.65. The predicted octanol–water partition coefficient (Wildman–Crippen LogP) is 4.76. The van der Waals surface area contributed by atoms with Crippen LogP contribution in [0.4, 0.5) is 0 Å². The molecule has 37 heavy (non-hydrogen) atoms. The molecule has 1 heterocycles. The lowest BCUT2D eigenvalue weighted by Gasteiger charge is -2.29. The van der Waals surface area contributed by atoms with Gasteiger partial charge in [0.1, 0.15) is 5.75 Å². The standard InChI is InChI=1S/C29H30ClN3O4/c1-2-17-29(28(35)33-31-20-23-11-6-7-12-25(23)30)26(21-9-4-3-5-10-21)37-27(32-29)22-13-15-24(16-14-22)36-19-8-18-34/h2-7,9-16,26,31,34H,1,8,17-20H2,(H,33,35)/t26-,29-/m0/s1. The number of nitrogens with one attached hydrogen (secondary N) is 2. The van der Waals surface area contributed by atoms with E-state index in [1.807, 2.05) is 72.8 Å². The average molecular weight is 520 g/mol. The smallest absolute Gasteiger partial charge is 0.266 e. The Labute approximate surface area is 221 Å². The molecule has 4 rings (SSSR count). The summed E-state index contributed by atoms with van der Waals surface area (Å²) in [6.07, 6.45) is 1.83. The minimum atomic E-state index is -1.28. The zero-order chi connectivity index (χ0) is 26.1. The molecule has 3 N–H and O–H groups in total. The molecule has 0 spiro atoms. The van der Waals surface area contributed by atoms with E-state index in [0.717, 1.165) is 16.7 Å². The second kappa shape index (κ2) is 12.5. The Kier molecular flexibility index (Phi) is 8.95. The molecule has 8 heteroatoms. The van der Waals surface area contributed by atoms with Crippen LogP contribution in [-0.2, 0) is 16.1 Å². The third kappa shape index (κ3) is 6.20. The van der Waals surface area contributed by atoms with Gasteiger partial charge in [0.2, 0.25) is 5.90 Å². The van der Waals surface area contributed by atoms with E-state index in [2.05, 4.69) is 17.4 Å². The Balaban J connectivity index is 1.60. The van der Waals surface area contributed by atoms with Crippen molar-refractivity contribution < 1.29 is 19.4 Å². The molecule has 0 radical (unpaired) electrons. The first-order chi connectivity index (χ1) is 18.1. The number of amides is 1. The molecule has 0 saturated carbocycles. The number of halogens is 1. The van der Waals surface area contributed by atoms with Gasteiger partial charge in [-0.25, -0.2) is 10.4 Å². The molecule has 0 saturated heterocycles. The monoisotopic (exact) mass is 519 g/mol. The van der Waals surface area contributed by atoms with Gasteiger partial charge >= 0.3 is 0 Å². The van der Waals surface area contributed by atoms with Gasteiger partial charge in [-0.2, -0.15) is 0 Å². The summed E-state index contributed by atoms with van der Waals surface area (Å²) in [5.74, 6) is 0.695. The Morgan fingerprint density at radius 1 is 1.11 bits per heavy atom. The topological polar surface area (TPSA) is 92.2 Å². The van der Waals surface area contributed by atoms with Crippen molar-refractivity contribution in [1.82, 2.24) is 10.9 Å². The number of carbonyl (C=O) groups is 1. The summed E-state index contributed by atoms with van der Waals surface area (Å²) in [5, 5.41) is 9.56. The van der Waals surface area contributed by atoms with Crippen LogP contribution in [0, 0.1) is 0 Å². The van der Waals surface area contributed by atoms with E-state index in [9.17, 15) is 4.79 Å². The second-order valence-electron chi connectivity index (χ2n) is 8.59. The predicted molar refractivity (Wildman–Crippen MR) is 144 cm³/mol. The maximum Gasteiger partial charge on any atom is 0.266 e. The average Bonchev–Trinajstić information content (AvgIpc) is 3.31. The van der Waals surface area contributed by atoms with Crippen molar-refractivity contribution in [3.05, 3.63) is 113 Å². The fourth-order valence-corrected chi connectivity index (χ4v) is 4.34. The van der Waals surface area contributed by atoms with Crippen LogP contribution in [0.1, 0.15) is 35.6 Å². The van der Waals surface area contributed by atoms with Crippen molar-refractivity contribution in [2.45, 2.75) is 31.0 Å². The minimum Gasteiger partial charge on any atom is -0.494 e. The number of aliphatic imine (C=N–C) groups is 1. The van der Waals surface area contributed by atoms with Crippen LogP contribution in [0.5, 0.6) is 5.75 Å². The molecule has 3 aromatic carbocycles. The molecular formula is C29H30ClN3O4. The minimum absolute atomic E-state index is 0.0737. The van der Waals surface area contributed by atoms with E-state index in [0.29, 0.717) is 36.2 Å². The highest BCUT2D eigenvalue weighted by molar-refractivity contribution is 6.31. The van der Waals surface area contributed by atoms with E-state index < -0.39 is 11.6 Å². The molecule has 0 unspecified atom stereocenters. The summed E-state index contributed by atoms with van der Waals surface area (Å²) < 4.78 is 12.0. The number of benzene rings is 3. The van der Waals surface area contributed by atoms with Gasteiger partial charge in [-0.05, 0) is 41.5 Å². The molecule has 0 fully saturated rings. The summed E-state index contributed by atoms with van der Waals surface area (Å²) in [7, 11) is 0. The first kappa shape index (κ1) is 26.4. The number of hydrogen-bond acceptors (Lipinski definition) is 6. The van der Waals surface area contributed by atoms with Crippen LogP contribution in [0.3, 0.4) is 0 Å². The number of aliphatic hydroxyl groups is 1. The first-order valence-corrected chi connectivity index (χ1v) is 12.5. The summed E-state index contributed by atoms with van der Waals surface area (Å²) in [6, 6.07) is 24.3. The van der Waals surface area contributed by atoms with E-state index in [4.69, 9.17) is 31.2 Å². The molecule has 1 aliphatic rings. The van der Waals surface area contributed by atoms with E-state index in [1.54, 1.807) is 12.1 Å². The highest BCUT2D eigenvalue weighted by atomic mass is 35.5. The van der Waals surface area contributed by atoms with Gasteiger partial charge in [-0.3, -0.25) is 10.2 Å². The fourth-order valence-electron chi connectivity index (χ4n) is 4.13. The lowest BCUT2D eigenvalue weighted by Crippen LogP contribution is -2.52. The fraction of sp³-hybridized carbons (Fsp3) is 0.241. The van der Waals surface area contributed by atoms with E-state index >= 15 is 0 Å². The number of hydrogen-bond donors (Lipinski definition) is 3. The van der Waals surface area contributed by atoms with Crippen LogP contribution in [0.2, 0.25) is 5.02 Å². The number of aliphatic hydroxyl groups excluding tert-OH is 1. The molecule has 0 aromatic heterocycles. The molecular weight excluding hydrogens is 490 g/mol. The van der Waals surface area contributed by atoms with Gasteiger partial charge in [0.15, 0.2) is 11.6 Å². The number of hydrazine groups is 1. The summed E-state index contributed by atoms with van der Waals surface area (Å²) in [6.45, 7) is 4.73. The van der Waals surface area contributed by atoms with Crippen molar-refractivity contribution in [3.8, 4) is 5.75 Å². The van der Waals surface area contributed by atoms with Gasteiger partial charge in [-0.15, -0.1) is 6.58 Å². The van der Waals surface area contributed by atoms with Crippen LogP contribution >= 0.6 is 11.6 Å². The zero-order valence-corrected chi connectivity index (χ0v) is 21.2. The third-order valence-electron chi connectivity index (χ3n) is 6.03. The van der Waals surface area contributed by atoms with Gasteiger partial charge in [0.25, 0.3) is 5.91 Å². The van der Waals surface area contributed by atoms with Gasteiger partial charge in [0.05, 0.1) is 6.61 Å². The number of nitrogens with zero attached hydrogens (tertiary/aromatic N) is 1. The molecule has 3 aromatic rings. The van der Waals surface area contributed by atoms with Crippen molar-refractivity contribution in [1.29, 1.82) is 0 Å². The van der Waals surface area contributed by atoms with Crippen molar-refractivity contribution in [3.63, 3.8) is 0 Å². The van der Waals surface area contributed by atoms with Crippen molar-refractivity contribution >= 4 is 23.4 Å². The van der Waals surface area contributed by atoms with Crippen LogP contribution in [0.25, 0.3) is 0 Å². The largest absolute Gasteiger partial charge is 0.494 e.